The normalized spacial score (nSPS) is 20.9. The van der Waals surface area contributed by atoms with Gasteiger partial charge in [-0.1, -0.05) is 0 Å². The molecule has 0 aromatic carbocycles. The molecular formula is C13H13F2N3S2. The molecule has 7 heteroatoms. The Balaban J connectivity index is 1.76. The number of rotatable bonds is 2. The van der Waals surface area contributed by atoms with E-state index in [9.17, 15) is 8.78 Å². The monoisotopic (exact) mass is 313 g/mol. The van der Waals surface area contributed by atoms with Crippen molar-refractivity contribution in [3.8, 4) is 10.6 Å². The Kier molecular flexibility index (Phi) is 2.66. The highest BCUT2D eigenvalue weighted by atomic mass is 32.1. The number of anilines is 1. The van der Waals surface area contributed by atoms with E-state index in [-0.39, 0.29) is 12.8 Å². The molecule has 2 N–H and O–H groups in total. The van der Waals surface area contributed by atoms with Crippen molar-refractivity contribution in [2.24, 2.45) is 0 Å². The number of halogens is 2. The topological polar surface area (TPSA) is 51.8 Å². The van der Waals surface area contributed by atoms with Crippen LogP contribution in [0.15, 0.2) is 0 Å². The average Bonchev–Trinajstić information content (AvgIpc) is 3.02. The van der Waals surface area contributed by atoms with Gasteiger partial charge in [0.05, 0.1) is 5.00 Å². The van der Waals surface area contributed by atoms with Gasteiger partial charge >= 0.3 is 0 Å². The number of alkyl halides is 2. The molecule has 0 atom stereocenters. The van der Waals surface area contributed by atoms with Crippen molar-refractivity contribution in [3.63, 3.8) is 0 Å². The smallest absolute Gasteiger partial charge is 0.253 e. The van der Waals surface area contributed by atoms with Crippen LogP contribution in [0.3, 0.4) is 0 Å². The lowest BCUT2D eigenvalue weighted by Gasteiger charge is -2.21. The predicted molar refractivity (Wildman–Crippen MR) is 76.6 cm³/mol. The van der Waals surface area contributed by atoms with Crippen LogP contribution in [-0.2, 0) is 12.8 Å². The third kappa shape index (κ3) is 2.03. The Bertz CT molecular complexity index is 673. The molecule has 1 saturated carbocycles. The molecule has 2 aromatic rings. The van der Waals surface area contributed by atoms with Crippen LogP contribution in [0.4, 0.5) is 13.8 Å². The minimum Gasteiger partial charge on any atom is -0.390 e. The second kappa shape index (κ2) is 4.21. The van der Waals surface area contributed by atoms with Gasteiger partial charge in [-0.15, -0.1) is 11.3 Å². The van der Waals surface area contributed by atoms with Crippen LogP contribution in [0.2, 0.25) is 0 Å². The Morgan fingerprint density at radius 1 is 1.30 bits per heavy atom. The molecule has 0 bridgehead atoms. The van der Waals surface area contributed by atoms with Crippen molar-refractivity contribution < 1.29 is 8.78 Å². The number of hydrogen-bond donors (Lipinski definition) is 1. The van der Waals surface area contributed by atoms with Crippen LogP contribution in [0.25, 0.3) is 10.6 Å². The minimum absolute atomic E-state index is 0.0997. The number of nitrogens with zero attached hydrogens (tertiary/aromatic N) is 2. The Labute approximate surface area is 123 Å². The summed E-state index contributed by atoms with van der Waals surface area (Å²) in [7, 11) is 0. The second-order valence-electron chi connectivity index (χ2n) is 5.51. The lowest BCUT2D eigenvalue weighted by molar-refractivity contribution is -0.0111. The van der Waals surface area contributed by atoms with Gasteiger partial charge in [0.1, 0.15) is 10.8 Å². The molecular weight excluding hydrogens is 300 g/mol. The number of thiophene rings is 1. The van der Waals surface area contributed by atoms with E-state index in [2.05, 4.69) is 9.36 Å². The van der Waals surface area contributed by atoms with E-state index in [0.717, 1.165) is 39.7 Å². The number of nitrogens with two attached hydrogens (primary N) is 1. The van der Waals surface area contributed by atoms with E-state index in [1.807, 2.05) is 0 Å². The summed E-state index contributed by atoms with van der Waals surface area (Å²) in [6, 6.07) is 0. The molecule has 4 rings (SSSR count). The quantitative estimate of drug-likeness (QED) is 0.916. The zero-order valence-electron chi connectivity index (χ0n) is 10.7. The number of hydrogen-bond acceptors (Lipinski definition) is 5. The molecule has 0 spiro atoms. The van der Waals surface area contributed by atoms with Gasteiger partial charge in [0, 0.05) is 29.2 Å². The van der Waals surface area contributed by atoms with Crippen LogP contribution in [-0.4, -0.2) is 15.3 Å². The maximum absolute atomic E-state index is 13.5. The summed E-state index contributed by atoms with van der Waals surface area (Å²) in [5, 5.41) is 1.40. The van der Waals surface area contributed by atoms with Crippen LogP contribution >= 0.6 is 22.9 Å². The zero-order chi connectivity index (χ0) is 13.9. The van der Waals surface area contributed by atoms with E-state index < -0.39 is 5.92 Å². The molecule has 2 aliphatic carbocycles. The van der Waals surface area contributed by atoms with Crippen LogP contribution in [0.5, 0.6) is 0 Å². The SMILES string of the molecule is Nc1sc2c(c1-c1nc(C3CC3)ns1)CCC(F)(F)C2. The largest absolute Gasteiger partial charge is 0.390 e. The highest BCUT2D eigenvalue weighted by Gasteiger charge is 2.38. The molecule has 20 heavy (non-hydrogen) atoms. The first-order chi connectivity index (χ1) is 9.53. The first-order valence-corrected chi connectivity index (χ1v) is 8.24. The fourth-order valence-corrected chi connectivity index (χ4v) is 4.74. The molecule has 106 valence electrons. The molecule has 2 heterocycles. The van der Waals surface area contributed by atoms with Crippen molar-refractivity contribution in [1.29, 1.82) is 0 Å². The first-order valence-electron chi connectivity index (χ1n) is 6.65. The summed E-state index contributed by atoms with van der Waals surface area (Å²) < 4.78 is 31.4. The molecule has 0 aliphatic heterocycles. The lowest BCUT2D eigenvalue weighted by atomic mass is 9.93. The average molecular weight is 313 g/mol. The van der Waals surface area contributed by atoms with Crippen molar-refractivity contribution in [2.75, 3.05) is 5.73 Å². The molecule has 0 radical (unpaired) electrons. The van der Waals surface area contributed by atoms with Crippen molar-refractivity contribution >= 4 is 27.9 Å². The highest BCUT2D eigenvalue weighted by Crippen LogP contribution is 2.47. The van der Waals surface area contributed by atoms with Gasteiger partial charge in [-0.3, -0.25) is 0 Å². The van der Waals surface area contributed by atoms with Gasteiger partial charge in [0.25, 0.3) is 5.92 Å². The third-order valence-electron chi connectivity index (χ3n) is 3.88. The first kappa shape index (κ1) is 12.6. The molecule has 1 fully saturated rings. The summed E-state index contributed by atoms with van der Waals surface area (Å²) in [5.74, 6) is -1.20. The second-order valence-corrected chi connectivity index (χ2v) is 7.40. The van der Waals surface area contributed by atoms with Gasteiger partial charge < -0.3 is 5.73 Å². The summed E-state index contributed by atoms with van der Waals surface area (Å²) in [6.07, 6.45) is 2.39. The Morgan fingerprint density at radius 2 is 2.10 bits per heavy atom. The lowest BCUT2D eigenvalue weighted by Crippen LogP contribution is -2.24. The third-order valence-corrected chi connectivity index (χ3v) is 5.68. The van der Waals surface area contributed by atoms with Gasteiger partial charge in [0.15, 0.2) is 0 Å². The fourth-order valence-electron chi connectivity index (χ4n) is 2.65. The summed E-state index contributed by atoms with van der Waals surface area (Å²) in [4.78, 5) is 5.29. The van der Waals surface area contributed by atoms with E-state index in [1.54, 1.807) is 0 Å². The maximum atomic E-state index is 13.5. The molecule has 0 saturated heterocycles. The van der Waals surface area contributed by atoms with E-state index in [0.29, 0.717) is 17.3 Å². The van der Waals surface area contributed by atoms with Gasteiger partial charge in [-0.05, 0) is 36.4 Å². The van der Waals surface area contributed by atoms with Crippen LogP contribution in [0, 0.1) is 0 Å². The van der Waals surface area contributed by atoms with Crippen LogP contribution in [0.1, 0.15) is 41.4 Å². The highest BCUT2D eigenvalue weighted by molar-refractivity contribution is 7.17. The Hall–Kier alpha value is -1.08. The molecule has 0 amide bonds. The van der Waals surface area contributed by atoms with E-state index >= 15 is 0 Å². The predicted octanol–water partition coefficient (Wildman–Crippen LogP) is 3.85. The fraction of sp³-hybridized carbons (Fsp3) is 0.538. The van der Waals surface area contributed by atoms with E-state index in [1.165, 1.54) is 22.9 Å². The summed E-state index contributed by atoms with van der Waals surface area (Å²) in [5.41, 5.74) is 7.89. The summed E-state index contributed by atoms with van der Waals surface area (Å²) in [6.45, 7) is 0. The zero-order valence-corrected chi connectivity index (χ0v) is 12.3. The number of aromatic nitrogens is 2. The van der Waals surface area contributed by atoms with Crippen molar-refractivity contribution in [2.45, 2.75) is 43.9 Å². The summed E-state index contributed by atoms with van der Waals surface area (Å²) >= 11 is 2.62. The van der Waals surface area contributed by atoms with E-state index in [4.69, 9.17) is 5.73 Å². The molecule has 3 nitrogen and oxygen atoms in total. The van der Waals surface area contributed by atoms with Crippen LogP contribution < -0.4 is 5.73 Å². The van der Waals surface area contributed by atoms with Crippen molar-refractivity contribution in [1.82, 2.24) is 9.36 Å². The van der Waals surface area contributed by atoms with Crippen molar-refractivity contribution in [3.05, 3.63) is 16.3 Å². The molecule has 2 aromatic heterocycles. The number of fused-ring (bicyclic) bond motifs is 1. The maximum Gasteiger partial charge on any atom is 0.253 e. The van der Waals surface area contributed by atoms with Gasteiger partial charge in [-0.25, -0.2) is 13.8 Å². The Morgan fingerprint density at radius 3 is 2.85 bits per heavy atom. The minimum atomic E-state index is -2.60. The van der Waals surface area contributed by atoms with Gasteiger partial charge in [0.2, 0.25) is 0 Å². The van der Waals surface area contributed by atoms with Gasteiger partial charge in [-0.2, -0.15) is 4.37 Å². The molecule has 2 aliphatic rings. The molecule has 0 unspecified atom stereocenters. The standard InChI is InChI=1S/C13H13F2N3S2/c14-13(15)4-3-7-8(5-13)19-10(16)9(7)12-17-11(18-20-12)6-1-2-6/h6H,1-5,16H2. The number of nitrogen functional groups attached to an aromatic ring is 1.